The van der Waals surface area contributed by atoms with Gasteiger partial charge in [0.15, 0.2) is 0 Å². The topological polar surface area (TPSA) is 54.5 Å². The molecule has 1 fully saturated rings. The first-order chi connectivity index (χ1) is 12.1. The van der Waals surface area contributed by atoms with Crippen LogP contribution in [0.25, 0.3) is 0 Å². The summed E-state index contributed by atoms with van der Waals surface area (Å²) < 4.78 is 5.88. The summed E-state index contributed by atoms with van der Waals surface area (Å²) in [7, 11) is 1.77. The van der Waals surface area contributed by atoms with Crippen LogP contribution in [0.2, 0.25) is 5.02 Å². The Kier molecular flexibility index (Phi) is 5.68. The molecule has 25 heavy (non-hydrogen) atoms. The number of carbonyl (C=O) groups is 1. The number of carbonyl (C=O) groups excluding carboxylic acids is 1. The van der Waals surface area contributed by atoms with E-state index in [-0.39, 0.29) is 11.5 Å². The lowest BCUT2D eigenvalue weighted by Gasteiger charge is -2.41. The fraction of sp³-hybridized carbons (Fsp3) is 0.368. The molecule has 3 rings (SSSR count). The minimum atomic E-state index is -0.258. The number of ether oxygens (including phenoxy) is 1. The lowest BCUT2D eigenvalue weighted by atomic mass is 9.84. The number of hydrogen-bond acceptors (Lipinski definition) is 4. The predicted octanol–water partition coefficient (Wildman–Crippen LogP) is 3.31. The summed E-state index contributed by atoms with van der Waals surface area (Å²) in [6, 6.07) is 13.7. The number of nitrogens with zero attached hydrogens (tertiary/aromatic N) is 2. The van der Waals surface area contributed by atoms with Gasteiger partial charge in [-0.1, -0.05) is 41.9 Å². The van der Waals surface area contributed by atoms with Gasteiger partial charge in [-0.15, -0.1) is 0 Å². The van der Waals surface area contributed by atoms with Gasteiger partial charge in [0.25, 0.3) is 0 Å². The largest absolute Gasteiger partial charge is 0.373 e. The number of halogens is 1. The highest BCUT2D eigenvalue weighted by Gasteiger charge is 2.36. The van der Waals surface area contributed by atoms with Crippen molar-refractivity contribution in [2.24, 2.45) is 0 Å². The molecule has 1 aliphatic rings. The van der Waals surface area contributed by atoms with Crippen molar-refractivity contribution in [1.82, 2.24) is 9.88 Å². The Hall–Kier alpha value is -1.95. The van der Waals surface area contributed by atoms with Crippen molar-refractivity contribution in [2.75, 3.05) is 32.1 Å². The van der Waals surface area contributed by atoms with Crippen LogP contribution in [0.3, 0.4) is 0 Å². The quantitative estimate of drug-likeness (QED) is 0.889. The highest BCUT2D eigenvalue weighted by atomic mass is 35.5. The molecule has 2 aromatic rings. The van der Waals surface area contributed by atoms with E-state index in [0.717, 1.165) is 25.9 Å². The molecular weight excluding hydrogens is 338 g/mol. The Labute approximate surface area is 153 Å². The molecule has 0 bridgehead atoms. The number of piperidine rings is 1. The predicted molar refractivity (Wildman–Crippen MR) is 98.7 cm³/mol. The number of aromatic nitrogens is 1. The van der Waals surface area contributed by atoms with E-state index in [1.807, 2.05) is 18.2 Å². The van der Waals surface area contributed by atoms with E-state index in [9.17, 15) is 4.79 Å². The highest BCUT2D eigenvalue weighted by molar-refractivity contribution is 6.30. The summed E-state index contributed by atoms with van der Waals surface area (Å²) in [4.78, 5) is 18.4. The van der Waals surface area contributed by atoms with Crippen molar-refractivity contribution in [2.45, 2.75) is 18.4 Å². The van der Waals surface area contributed by atoms with Gasteiger partial charge in [-0.05, 0) is 30.5 Å². The van der Waals surface area contributed by atoms with Crippen LogP contribution in [0.1, 0.15) is 18.4 Å². The Morgan fingerprint density at radius 1 is 1.24 bits per heavy atom. The van der Waals surface area contributed by atoms with Gasteiger partial charge < -0.3 is 10.1 Å². The lowest BCUT2D eigenvalue weighted by Crippen LogP contribution is -2.46. The summed E-state index contributed by atoms with van der Waals surface area (Å²) in [5, 5.41) is 3.35. The Morgan fingerprint density at radius 2 is 1.96 bits per heavy atom. The second-order valence-electron chi connectivity index (χ2n) is 6.25. The number of anilines is 1. The number of hydrogen-bond donors (Lipinski definition) is 1. The van der Waals surface area contributed by atoms with Crippen molar-refractivity contribution < 1.29 is 9.53 Å². The van der Waals surface area contributed by atoms with E-state index in [1.165, 1.54) is 11.8 Å². The fourth-order valence-electron chi connectivity index (χ4n) is 3.26. The highest BCUT2D eigenvalue weighted by Crippen LogP contribution is 2.35. The molecule has 132 valence electrons. The Morgan fingerprint density at radius 3 is 2.56 bits per heavy atom. The third-order valence-electron chi connectivity index (χ3n) is 4.72. The van der Waals surface area contributed by atoms with Crippen LogP contribution in [0.15, 0.2) is 48.7 Å². The summed E-state index contributed by atoms with van der Waals surface area (Å²) in [6.07, 6.45) is 3.24. The van der Waals surface area contributed by atoms with Crippen molar-refractivity contribution in [3.05, 3.63) is 59.2 Å². The maximum atomic E-state index is 12.2. The average molecular weight is 360 g/mol. The lowest BCUT2D eigenvalue weighted by molar-refractivity contribution is -0.119. The van der Waals surface area contributed by atoms with Crippen LogP contribution in [-0.4, -0.2) is 42.5 Å². The molecule has 6 heteroatoms. The zero-order chi connectivity index (χ0) is 17.7. The third kappa shape index (κ3) is 4.37. The molecule has 0 saturated carbocycles. The number of methoxy groups -OCH3 is 1. The zero-order valence-electron chi connectivity index (χ0n) is 14.2. The number of amides is 1. The minimum Gasteiger partial charge on any atom is -0.373 e. The maximum Gasteiger partial charge on any atom is 0.239 e. The molecule has 0 radical (unpaired) electrons. The normalized spacial score (nSPS) is 17.2. The molecule has 5 nitrogen and oxygen atoms in total. The minimum absolute atomic E-state index is 0.0700. The fourth-order valence-corrected chi connectivity index (χ4v) is 3.37. The first-order valence-corrected chi connectivity index (χ1v) is 8.73. The van der Waals surface area contributed by atoms with Crippen molar-refractivity contribution in [3.63, 3.8) is 0 Å². The molecule has 0 spiro atoms. The summed E-state index contributed by atoms with van der Waals surface area (Å²) in [5.41, 5.74) is 0.943. The van der Waals surface area contributed by atoms with Crippen LogP contribution in [0.4, 0.5) is 5.82 Å². The number of nitrogens with one attached hydrogen (secondary N) is 1. The van der Waals surface area contributed by atoms with Crippen LogP contribution in [-0.2, 0) is 15.1 Å². The average Bonchev–Trinajstić information content (AvgIpc) is 2.65. The molecular formula is C19H22ClN3O2. The first kappa shape index (κ1) is 17.9. The molecule has 1 aromatic carbocycles. The third-order valence-corrected chi connectivity index (χ3v) is 4.94. The summed E-state index contributed by atoms with van der Waals surface area (Å²) in [6.45, 7) is 1.97. The van der Waals surface area contributed by atoms with Gasteiger partial charge in [0.1, 0.15) is 5.82 Å². The smallest absolute Gasteiger partial charge is 0.239 e. The van der Waals surface area contributed by atoms with E-state index in [0.29, 0.717) is 17.4 Å². The zero-order valence-corrected chi connectivity index (χ0v) is 15.0. The molecule has 1 saturated heterocycles. The van der Waals surface area contributed by atoms with Gasteiger partial charge in [0, 0.05) is 26.4 Å². The van der Waals surface area contributed by atoms with Gasteiger partial charge in [-0.3, -0.25) is 9.69 Å². The molecule has 0 unspecified atom stereocenters. The monoisotopic (exact) mass is 359 g/mol. The maximum absolute atomic E-state index is 12.2. The van der Waals surface area contributed by atoms with Crippen LogP contribution >= 0.6 is 11.6 Å². The van der Waals surface area contributed by atoms with Crippen molar-refractivity contribution in [3.8, 4) is 0 Å². The Bertz CT molecular complexity index is 698. The van der Waals surface area contributed by atoms with Crippen molar-refractivity contribution in [1.29, 1.82) is 0 Å². The molecule has 1 aliphatic heterocycles. The van der Waals surface area contributed by atoms with Crippen molar-refractivity contribution >= 4 is 23.3 Å². The molecule has 1 aromatic heterocycles. The van der Waals surface area contributed by atoms with Crippen LogP contribution < -0.4 is 5.32 Å². The SMILES string of the molecule is COC1(c2ccccc2)CCN(CC(=O)Nc2ccc(Cl)cn2)CC1. The molecule has 0 atom stereocenters. The molecule has 0 aliphatic carbocycles. The van der Waals surface area contributed by atoms with E-state index in [4.69, 9.17) is 16.3 Å². The van der Waals surface area contributed by atoms with Gasteiger partial charge in [-0.25, -0.2) is 4.98 Å². The number of rotatable bonds is 5. The second kappa shape index (κ2) is 7.95. The van der Waals surface area contributed by atoms with E-state index in [1.54, 1.807) is 19.2 Å². The van der Waals surface area contributed by atoms with Gasteiger partial charge >= 0.3 is 0 Å². The molecule has 2 heterocycles. The van der Waals surface area contributed by atoms with Crippen LogP contribution in [0, 0.1) is 0 Å². The molecule has 1 amide bonds. The van der Waals surface area contributed by atoms with E-state index < -0.39 is 0 Å². The standard InChI is InChI=1S/C19H22ClN3O2/c1-25-19(15-5-3-2-4-6-15)9-11-23(12-10-19)14-18(24)22-17-8-7-16(20)13-21-17/h2-8,13H,9-12,14H2,1H3,(H,21,22,24). The van der Waals surface area contributed by atoms with Crippen LogP contribution in [0.5, 0.6) is 0 Å². The van der Waals surface area contributed by atoms with E-state index in [2.05, 4.69) is 27.3 Å². The van der Waals surface area contributed by atoms with Gasteiger partial charge in [0.2, 0.25) is 5.91 Å². The molecule has 1 N–H and O–H groups in total. The Balaban J connectivity index is 1.55. The first-order valence-electron chi connectivity index (χ1n) is 8.36. The second-order valence-corrected chi connectivity index (χ2v) is 6.69. The number of pyridine rings is 1. The number of likely N-dealkylation sites (tertiary alicyclic amines) is 1. The van der Waals surface area contributed by atoms with E-state index >= 15 is 0 Å². The number of benzene rings is 1. The van der Waals surface area contributed by atoms with Gasteiger partial charge in [-0.2, -0.15) is 0 Å². The van der Waals surface area contributed by atoms with Gasteiger partial charge in [0.05, 0.1) is 17.2 Å². The summed E-state index contributed by atoms with van der Waals surface area (Å²) >= 11 is 5.80. The summed E-state index contributed by atoms with van der Waals surface area (Å²) in [5.74, 6) is 0.446.